The Balaban J connectivity index is 1.65. The van der Waals surface area contributed by atoms with Crippen molar-refractivity contribution in [3.05, 3.63) is 106 Å². The Morgan fingerprint density at radius 1 is 0.804 bits per heavy atom. The number of nitro benzene ring substituents is 1. The van der Waals surface area contributed by atoms with Gasteiger partial charge in [0.1, 0.15) is 25.2 Å². The standard InChI is InChI=1S/C31H35N7O8/c32-30(42)33-17-7-12-25(35-23-13-15-24(16-14-23)38(44)45)28(40)37-29(41)26(18-21-8-3-1-4-9-21)36-27(39)19-34-31(43)46-20-22-10-5-2-6-11-22/h1-6,8-11,13-16,25-26,35H,7,12,17-20H2,(H,34,43)(H,36,39)(H3,32,33,42)(H,37,40,41). The maximum atomic E-state index is 13.4. The van der Waals surface area contributed by atoms with Gasteiger partial charge in [-0.1, -0.05) is 60.7 Å². The Hall–Kier alpha value is -5.99. The smallest absolute Gasteiger partial charge is 0.407 e. The number of carbonyl (C=O) groups excluding carboxylic acids is 5. The number of carbonyl (C=O) groups is 5. The summed E-state index contributed by atoms with van der Waals surface area (Å²) in [6.07, 6.45) is -0.358. The zero-order valence-corrected chi connectivity index (χ0v) is 24.8. The first-order valence-corrected chi connectivity index (χ1v) is 14.3. The molecule has 0 aliphatic heterocycles. The summed E-state index contributed by atoms with van der Waals surface area (Å²) in [6, 6.07) is 20.2. The van der Waals surface area contributed by atoms with Gasteiger partial charge in [-0.25, -0.2) is 9.59 Å². The largest absolute Gasteiger partial charge is 0.445 e. The fourth-order valence-corrected chi connectivity index (χ4v) is 4.19. The molecular formula is C31H35N7O8. The number of nitrogens with zero attached hydrogens (tertiary/aromatic N) is 1. The van der Waals surface area contributed by atoms with E-state index in [1.54, 1.807) is 54.6 Å². The normalized spacial score (nSPS) is 11.7. The third-order valence-corrected chi connectivity index (χ3v) is 6.49. The van der Waals surface area contributed by atoms with Crippen molar-refractivity contribution in [3.63, 3.8) is 0 Å². The average Bonchev–Trinajstić information content (AvgIpc) is 3.04. The number of hydrogen-bond acceptors (Lipinski definition) is 9. The minimum Gasteiger partial charge on any atom is -0.445 e. The zero-order valence-electron chi connectivity index (χ0n) is 24.8. The SMILES string of the molecule is NC(=O)NCCCC(Nc1ccc([N+](=O)[O-])cc1)C(=O)NC(=O)C(Cc1ccccc1)NC(=O)CNC(=O)OCc1ccccc1. The molecule has 242 valence electrons. The molecule has 15 nitrogen and oxygen atoms in total. The first-order chi connectivity index (χ1) is 22.1. The molecule has 0 heterocycles. The van der Waals surface area contributed by atoms with Gasteiger partial charge in [-0.2, -0.15) is 0 Å². The van der Waals surface area contributed by atoms with Crippen LogP contribution in [-0.2, 0) is 32.1 Å². The van der Waals surface area contributed by atoms with Crippen LogP contribution in [0.1, 0.15) is 24.0 Å². The van der Waals surface area contributed by atoms with Crippen LogP contribution in [0, 0.1) is 10.1 Å². The number of amides is 6. The summed E-state index contributed by atoms with van der Waals surface area (Å²) in [5, 5.41) is 23.6. The molecule has 6 amide bonds. The lowest BCUT2D eigenvalue weighted by atomic mass is 10.0. The summed E-state index contributed by atoms with van der Waals surface area (Å²) in [5.74, 6) is -2.24. The van der Waals surface area contributed by atoms with Crippen molar-refractivity contribution in [3.8, 4) is 0 Å². The van der Waals surface area contributed by atoms with E-state index in [2.05, 4.69) is 26.6 Å². The molecule has 2 atom stereocenters. The van der Waals surface area contributed by atoms with Crippen LogP contribution in [0.3, 0.4) is 0 Å². The van der Waals surface area contributed by atoms with Gasteiger partial charge >= 0.3 is 12.1 Å². The summed E-state index contributed by atoms with van der Waals surface area (Å²) < 4.78 is 5.10. The van der Waals surface area contributed by atoms with Crippen LogP contribution in [0.15, 0.2) is 84.9 Å². The van der Waals surface area contributed by atoms with E-state index in [9.17, 15) is 34.1 Å². The summed E-state index contributed by atoms with van der Waals surface area (Å²) in [4.78, 5) is 73.0. The maximum absolute atomic E-state index is 13.4. The van der Waals surface area contributed by atoms with Crippen molar-refractivity contribution in [2.45, 2.75) is 38.0 Å². The van der Waals surface area contributed by atoms with Crippen LogP contribution in [0.25, 0.3) is 0 Å². The third-order valence-electron chi connectivity index (χ3n) is 6.49. The van der Waals surface area contributed by atoms with Crippen LogP contribution in [0.2, 0.25) is 0 Å². The van der Waals surface area contributed by atoms with E-state index in [0.29, 0.717) is 17.7 Å². The first kappa shape index (κ1) is 34.5. The number of non-ortho nitro benzene ring substituents is 1. The highest BCUT2D eigenvalue weighted by molar-refractivity contribution is 6.02. The molecule has 0 bridgehead atoms. The number of imide groups is 1. The van der Waals surface area contributed by atoms with E-state index in [-0.39, 0.29) is 31.7 Å². The van der Waals surface area contributed by atoms with Crippen LogP contribution < -0.4 is 32.3 Å². The molecule has 0 saturated carbocycles. The average molecular weight is 634 g/mol. The highest BCUT2D eigenvalue weighted by Gasteiger charge is 2.27. The number of benzene rings is 3. The van der Waals surface area contributed by atoms with E-state index < -0.39 is 53.4 Å². The van der Waals surface area contributed by atoms with Crippen molar-refractivity contribution in [1.82, 2.24) is 21.3 Å². The number of nitrogens with one attached hydrogen (secondary N) is 5. The van der Waals surface area contributed by atoms with Crippen molar-refractivity contribution >= 4 is 41.2 Å². The highest BCUT2D eigenvalue weighted by atomic mass is 16.6. The number of hydrogen-bond donors (Lipinski definition) is 6. The maximum Gasteiger partial charge on any atom is 0.407 e. The number of nitrogens with two attached hydrogens (primary N) is 1. The fraction of sp³-hybridized carbons (Fsp3) is 0.258. The van der Waals surface area contributed by atoms with Crippen LogP contribution >= 0.6 is 0 Å². The number of anilines is 1. The molecule has 15 heteroatoms. The second kappa shape index (κ2) is 18.0. The van der Waals surface area contributed by atoms with Gasteiger partial charge < -0.3 is 31.7 Å². The Morgan fingerprint density at radius 3 is 2.02 bits per heavy atom. The van der Waals surface area contributed by atoms with E-state index in [1.165, 1.54) is 24.3 Å². The minimum absolute atomic E-state index is 0.00309. The van der Waals surface area contributed by atoms with Gasteiger partial charge in [0.25, 0.3) is 5.69 Å². The minimum atomic E-state index is -1.20. The lowest BCUT2D eigenvalue weighted by Crippen LogP contribution is -2.54. The predicted molar refractivity (Wildman–Crippen MR) is 167 cm³/mol. The van der Waals surface area contributed by atoms with E-state index >= 15 is 0 Å². The van der Waals surface area contributed by atoms with Crippen molar-refractivity contribution < 1.29 is 33.6 Å². The number of ether oxygens (including phenoxy) is 1. The molecule has 3 rings (SSSR count). The Kier molecular flexibility index (Phi) is 13.5. The molecule has 3 aromatic carbocycles. The van der Waals surface area contributed by atoms with Crippen LogP contribution in [-0.4, -0.2) is 59.9 Å². The van der Waals surface area contributed by atoms with Crippen molar-refractivity contribution in [2.24, 2.45) is 5.73 Å². The van der Waals surface area contributed by atoms with Gasteiger partial charge in [-0.15, -0.1) is 0 Å². The van der Waals surface area contributed by atoms with E-state index in [0.717, 1.165) is 5.56 Å². The number of alkyl carbamates (subject to hydrolysis) is 1. The predicted octanol–water partition coefficient (Wildman–Crippen LogP) is 2.12. The summed E-state index contributed by atoms with van der Waals surface area (Å²) in [5.41, 5.74) is 6.79. The van der Waals surface area contributed by atoms with Crippen molar-refractivity contribution in [1.29, 1.82) is 0 Å². The molecule has 0 radical (unpaired) electrons. The number of nitro groups is 1. The molecule has 46 heavy (non-hydrogen) atoms. The van der Waals surface area contributed by atoms with Crippen LogP contribution in [0.4, 0.5) is 21.0 Å². The van der Waals surface area contributed by atoms with Gasteiger partial charge in [-0.3, -0.25) is 29.8 Å². The topological polar surface area (TPSA) is 224 Å². The molecule has 0 aliphatic carbocycles. The highest BCUT2D eigenvalue weighted by Crippen LogP contribution is 2.17. The van der Waals surface area contributed by atoms with Crippen molar-refractivity contribution in [2.75, 3.05) is 18.4 Å². The van der Waals surface area contributed by atoms with Gasteiger partial charge in [0.15, 0.2) is 0 Å². The molecule has 0 saturated heterocycles. The van der Waals surface area contributed by atoms with E-state index in [1.807, 2.05) is 6.07 Å². The fourth-order valence-electron chi connectivity index (χ4n) is 4.19. The molecular weight excluding hydrogens is 598 g/mol. The number of primary amides is 1. The molecule has 7 N–H and O–H groups in total. The number of rotatable bonds is 16. The number of urea groups is 1. The van der Waals surface area contributed by atoms with Crippen LogP contribution in [0.5, 0.6) is 0 Å². The lowest BCUT2D eigenvalue weighted by molar-refractivity contribution is -0.384. The molecule has 0 fully saturated rings. The second-order valence-electron chi connectivity index (χ2n) is 10.0. The van der Waals surface area contributed by atoms with Gasteiger partial charge in [0, 0.05) is 30.8 Å². The molecule has 3 aromatic rings. The molecule has 2 unspecified atom stereocenters. The van der Waals surface area contributed by atoms with Gasteiger partial charge in [0.05, 0.1) is 4.92 Å². The monoisotopic (exact) mass is 633 g/mol. The Labute approximate surface area is 264 Å². The Morgan fingerprint density at radius 2 is 1.41 bits per heavy atom. The second-order valence-corrected chi connectivity index (χ2v) is 10.0. The molecule has 0 aliphatic rings. The van der Waals surface area contributed by atoms with Gasteiger partial charge in [-0.05, 0) is 36.1 Å². The lowest BCUT2D eigenvalue weighted by Gasteiger charge is -2.22. The zero-order chi connectivity index (χ0) is 33.3. The molecule has 0 spiro atoms. The Bertz CT molecular complexity index is 1490. The molecule has 0 aromatic heterocycles. The van der Waals surface area contributed by atoms with Gasteiger partial charge in [0.2, 0.25) is 17.7 Å². The third kappa shape index (κ3) is 12.3. The first-order valence-electron chi connectivity index (χ1n) is 14.3. The summed E-state index contributed by atoms with van der Waals surface area (Å²) in [7, 11) is 0. The quantitative estimate of drug-likeness (QED) is 0.0771. The summed E-state index contributed by atoms with van der Waals surface area (Å²) in [6.45, 7) is -0.330. The summed E-state index contributed by atoms with van der Waals surface area (Å²) >= 11 is 0. The van der Waals surface area contributed by atoms with E-state index in [4.69, 9.17) is 10.5 Å².